The Labute approximate surface area is 70.9 Å². The summed E-state index contributed by atoms with van der Waals surface area (Å²) >= 11 is 0. The molecule has 1 nitrogen and oxygen atoms in total. The summed E-state index contributed by atoms with van der Waals surface area (Å²) < 4.78 is 0. The van der Waals surface area contributed by atoms with Crippen molar-refractivity contribution < 1.29 is 0 Å². The van der Waals surface area contributed by atoms with Crippen LogP contribution in [0.2, 0.25) is 0 Å². The van der Waals surface area contributed by atoms with Gasteiger partial charge in [0.2, 0.25) is 0 Å². The SMILES string of the molecule is C=C(C(C)C)[C@@H](NC)C(C)C. The zero-order valence-electron chi connectivity index (χ0n) is 8.44. The lowest BCUT2D eigenvalue weighted by molar-refractivity contribution is 0.448. The minimum atomic E-state index is 0.468. The standard InChI is InChI=1S/C10H21N/c1-7(2)9(5)10(11-6)8(3)4/h7-8,10-11H,5H2,1-4,6H3/t10-/m0/s1. The van der Waals surface area contributed by atoms with Crippen molar-refractivity contribution in [1.82, 2.24) is 5.32 Å². The molecule has 0 aliphatic heterocycles. The van der Waals surface area contributed by atoms with Gasteiger partial charge in [0.25, 0.3) is 0 Å². The molecule has 0 bridgehead atoms. The second kappa shape index (κ2) is 4.55. The Hall–Kier alpha value is -0.300. The van der Waals surface area contributed by atoms with Gasteiger partial charge in [-0.3, -0.25) is 0 Å². The molecule has 0 saturated heterocycles. The molecule has 0 aromatic carbocycles. The van der Waals surface area contributed by atoms with Crippen LogP contribution in [0.5, 0.6) is 0 Å². The van der Waals surface area contributed by atoms with E-state index in [1.54, 1.807) is 0 Å². The molecule has 0 unspecified atom stereocenters. The van der Waals surface area contributed by atoms with E-state index >= 15 is 0 Å². The van der Waals surface area contributed by atoms with E-state index in [1.807, 2.05) is 7.05 Å². The van der Waals surface area contributed by atoms with Gasteiger partial charge in [-0.15, -0.1) is 0 Å². The topological polar surface area (TPSA) is 12.0 Å². The number of nitrogens with one attached hydrogen (secondary N) is 1. The van der Waals surface area contributed by atoms with Gasteiger partial charge in [0.05, 0.1) is 0 Å². The first kappa shape index (κ1) is 10.7. The van der Waals surface area contributed by atoms with E-state index in [-0.39, 0.29) is 0 Å². The molecule has 0 spiro atoms. The quantitative estimate of drug-likeness (QED) is 0.615. The summed E-state index contributed by atoms with van der Waals surface area (Å²) in [6, 6.07) is 0.468. The lowest BCUT2D eigenvalue weighted by Crippen LogP contribution is -2.33. The first-order valence-electron chi connectivity index (χ1n) is 4.36. The Morgan fingerprint density at radius 1 is 1.18 bits per heavy atom. The van der Waals surface area contributed by atoms with Crippen LogP contribution < -0.4 is 5.32 Å². The Bertz CT molecular complexity index is 125. The molecule has 0 saturated carbocycles. The van der Waals surface area contributed by atoms with Crippen molar-refractivity contribution in [3.63, 3.8) is 0 Å². The maximum Gasteiger partial charge on any atom is 0.0299 e. The van der Waals surface area contributed by atoms with Crippen molar-refractivity contribution >= 4 is 0 Å². The molecule has 0 aliphatic rings. The molecule has 0 rings (SSSR count). The molecule has 66 valence electrons. The third-order valence-corrected chi connectivity index (χ3v) is 2.12. The predicted molar refractivity (Wildman–Crippen MR) is 51.7 cm³/mol. The Morgan fingerprint density at radius 2 is 1.64 bits per heavy atom. The van der Waals surface area contributed by atoms with Crippen LogP contribution in [0.4, 0.5) is 0 Å². The molecule has 0 heterocycles. The molecule has 0 aromatic rings. The van der Waals surface area contributed by atoms with E-state index < -0.39 is 0 Å². The van der Waals surface area contributed by atoms with Gasteiger partial charge in [-0.1, -0.05) is 39.8 Å². The normalized spacial score (nSPS) is 14.1. The third-order valence-electron chi connectivity index (χ3n) is 2.12. The average molecular weight is 155 g/mol. The average Bonchev–Trinajstić information content (AvgIpc) is 1.88. The Kier molecular flexibility index (Phi) is 4.43. The summed E-state index contributed by atoms with van der Waals surface area (Å²) in [5.41, 5.74) is 1.31. The first-order valence-corrected chi connectivity index (χ1v) is 4.36. The minimum Gasteiger partial charge on any atom is -0.313 e. The molecule has 1 N–H and O–H groups in total. The monoisotopic (exact) mass is 155 g/mol. The maximum atomic E-state index is 4.08. The number of hydrogen-bond donors (Lipinski definition) is 1. The van der Waals surface area contributed by atoms with Crippen LogP contribution in [0.1, 0.15) is 27.7 Å². The van der Waals surface area contributed by atoms with Gasteiger partial charge in [-0.25, -0.2) is 0 Å². The zero-order valence-corrected chi connectivity index (χ0v) is 8.44. The van der Waals surface area contributed by atoms with E-state index in [0.29, 0.717) is 17.9 Å². The lowest BCUT2D eigenvalue weighted by atomic mass is 9.90. The van der Waals surface area contributed by atoms with Crippen LogP contribution in [0.15, 0.2) is 12.2 Å². The van der Waals surface area contributed by atoms with Gasteiger partial charge in [-0.2, -0.15) is 0 Å². The van der Waals surface area contributed by atoms with Gasteiger partial charge >= 0.3 is 0 Å². The van der Waals surface area contributed by atoms with Crippen LogP contribution in [0.3, 0.4) is 0 Å². The molecule has 11 heavy (non-hydrogen) atoms. The van der Waals surface area contributed by atoms with Crippen LogP contribution in [-0.4, -0.2) is 13.1 Å². The Balaban J connectivity index is 4.15. The zero-order chi connectivity index (χ0) is 9.02. The lowest BCUT2D eigenvalue weighted by Gasteiger charge is -2.25. The van der Waals surface area contributed by atoms with E-state index in [4.69, 9.17) is 0 Å². The highest BCUT2D eigenvalue weighted by atomic mass is 14.9. The van der Waals surface area contributed by atoms with E-state index in [9.17, 15) is 0 Å². The maximum absolute atomic E-state index is 4.08. The van der Waals surface area contributed by atoms with Gasteiger partial charge in [0, 0.05) is 6.04 Å². The summed E-state index contributed by atoms with van der Waals surface area (Å²) in [6.45, 7) is 12.9. The largest absolute Gasteiger partial charge is 0.313 e. The number of hydrogen-bond acceptors (Lipinski definition) is 1. The summed E-state index contributed by atoms with van der Waals surface area (Å²) in [5, 5.41) is 3.28. The second-order valence-electron chi connectivity index (χ2n) is 3.74. The van der Waals surface area contributed by atoms with E-state index in [0.717, 1.165) is 0 Å². The molecular formula is C10H21N. The van der Waals surface area contributed by atoms with Crippen molar-refractivity contribution in [1.29, 1.82) is 0 Å². The summed E-state index contributed by atoms with van der Waals surface area (Å²) in [6.07, 6.45) is 0. The van der Waals surface area contributed by atoms with Crippen molar-refractivity contribution in [3.05, 3.63) is 12.2 Å². The van der Waals surface area contributed by atoms with Crippen LogP contribution in [-0.2, 0) is 0 Å². The fraction of sp³-hybridized carbons (Fsp3) is 0.800. The summed E-state index contributed by atoms with van der Waals surface area (Å²) in [7, 11) is 2.00. The van der Waals surface area contributed by atoms with E-state index in [2.05, 4.69) is 39.6 Å². The number of rotatable bonds is 4. The summed E-state index contributed by atoms with van der Waals surface area (Å²) in [4.78, 5) is 0. The molecule has 0 amide bonds. The Morgan fingerprint density at radius 3 is 1.73 bits per heavy atom. The molecule has 0 aliphatic carbocycles. The van der Waals surface area contributed by atoms with Crippen molar-refractivity contribution in [2.24, 2.45) is 11.8 Å². The van der Waals surface area contributed by atoms with Gasteiger partial charge in [0.15, 0.2) is 0 Å². The molecule has 0 fully saturated rings. The fourth-order valence-electron chi connectivity index (χ4n) is 1.31. The minimum absolute atomic E-state index is 0.468. The number of likely N-dealkylation sites (N-methyl/N-ethyl adjacent to an activating group) is 1. The van der Waals surface area contributed by atoms with Crippen LogP contribution in [0, 0.1) is 11.8 Å². The van der Waals surface area contributed by atoms with Gasteiger partial charge < -0.3 is 5.32 Å². The van der Waals surface area contributed by atoms with Crippen molar-refractivity contribution in [2.75, 3.05) is 7.05 Å². The molecule has 1 heteroatoms. The highest BCUT2D eigenvalue weighted by molar-refractivity contribution is 5.08. The molecular weight excluding hydrogens is 134 g/mol. The second-order valence-corrected chi connectivity index (χ2v) is 3.74. The highest BCUT2D eigenvalue weighted by Crippen LogP contribution is 2.17. The molecule has 0 radical (unpaired) electrons. The highest BCUT2D eigenvalue weighted by Gasteiger charge is 2.16. The predicted octanol–water partition coefficient (Wildman–Crippen LogP) is 2.44. The summed E-state index contributed by atoms with van der Waals surface area (Å²) in [5.74, 6) is 1.21. The first-order chi connectivity index (χ1) is 5.00. The third kappa shape index (κ3) is 3.06. The fourth-order valence-corrected chi connectivity index (χ4v) is 1.31. The van der Waals surface area contributed by atoms with Crippen molar-refractivity contribution in [2.45, 2.75) is 33.7 Å². The van der Waals surface area contributed by atoms with E-state index in [1.165, 1.54) is 5.57 Å². The van der Waals surface area contributed by atoms with Crippen LogP contribution in [0.25, 0.3) is 0 Å². The van der Waals surface area contributed by atoms with Gasteiger partial charge in [-0.05, 0) is 18.9 Å². The molecule has 0 aromatic heterocycles. The van der Waals surface area contributed by atoms with Gasteiger partial charge in [0.1, 0.15) is 0 Å². The smallest absolute Gasteiger partial charge is 0.0299 e. The van der Waals surface area contributed by atoms with Crippen LogP contribution >= 0.6 is 0 Å². The molecule has 1 atom stereocenters. The van der Waals surface area contributed by atoms with Crippen molar-refractivity contribution in [3.8, 4) is 0 Å².